The Balaban J connectivity index is 2.07. The Morgan fingerprint density at radius 3 is 2.12 bits per heavy atom. The summed E-state index contributed by atoms with van der Waals surface area (Å²) in [6.45, 7) is 3.84. The minimum absolute atomic E-state index is 0.0724. The van der Waals surface area contributed by atoms with Crippen molar-refractivity contribution in [1.82, 2.24) is 0 Å². The molecule has 2 N–H and O–H groups in total. The quantitative estimate of drug-likeness (QED) is 0.756. The molecule has 0 aliphatic carbocycles. The fourth-order valence-corrected chi connectivity index (χ4v) is 2.34. The molecule has 2 rings (SSSR count). The van der Waals surface area contributed by atoms with E-state index in [1.807, 2.05) is 56.3 Å². The monoisotopic (exact) mass is 340 g/mol. The minimum Gasteiger partial charge on any atom is -0.481 e. The number of carbonyl (C=O) groups excluding carboxylic acids is 2. The Hall–Kier alpha value is -2.82. The highest BCUT2D eigenvalue weighted by Gasteiger charge is 2.19. The summed E-state index contributed by atoms with van der Waals surface area (Å²) in [5.74, 6) is 0.328. The van der Waals surface area contributed by atoms with Crippen molar-refractivity contribution in [3.05, 3.63) is 54.6 Å². The number of hydrogen-bond donors (Lipinski definition) is 2. The molecule has 5 heteroatoms. The molecule has 0 bridgehead atoms. The van der Waals surface area contributed by atoms with Crippen LogP contribution in [0.2, 0.25) is 0 Å². The Bertz CT molecular complexity index is 701. The molecular formula is C20H24N2O3. The smallest absolute Gasteiger partial charge is 0.265 e. The first-order valence-electron chi connectivity index (χ1n) is 8.55. The normalized spacial score (nSPS) is 11.4. The molecule has 0 heterocycles. The third-order valence-corrected chi connectivity index (χ3v) is 3.62. The lowest BCUT2D eigenvalue weighted by molar-refractivity contribution is -0.123. The number of hydrogen-bond acceptors (Lipinski definition) is 3. The van der Waals surface area contributed by atoms with E-state index in [1.165, 1.54) is 0 Å². The van der Waals surface area contributed by atoms with Crippen molar-refractivity contribution in [3.8, 4) is 5.75 Å². The Morgan fingerprint density at radius 1 is 0.920 bits per heavy atom. The molecule has 25 heavy (non-hydrogen) atoms. The van der Waals surface area contributed by atoms with Crippen molar-refractivity contribution >= 4 is 23.2 Å². The van der Waals surface area contributed by atoms with Gasteiger partial charge in [0.2, 0.25) is 5.91 Å². The number of carbonyl (C=O) groups is 2. The molecule has 0 saturated carbocycles. The number of amides is 2. The van der Waals surface area contributed by atoms with Crippen molar-refractivity contribution < 1.29 is 14.3 Å². The van der Waals surface area contributed by atoms with E-state index in [2.05, 4.69) is 10.6 Å². The number of benzene rings is 2. The molecule has 2 amide bonds. The molecule has 0 aromatic heterocycles. The van der Waals surface area contributed by atoms with Crippen molar-refractivity contribution in [3.63, 3.8) is 0 Å². The summed E-state index contributed by atoms with van der Waals surface area (Å²) in [6.07, 6.45) is 1.13. The van der Waals surface area contributed by atoms with Crippen LogP contribution in [0.1, 0.15) is 33.1 Å². The predicted molar refractivity (Wildman–Crippen MR) is 99.8 cm³/mol. The standard InChI is InChI=1S/C20H24N2O3/c1-3-10-19(23)21-16-13-8-9-14-17(16)22-20(24)18(4-2)25-15-11-6-5-7-12-15/h5-9,11-14,18H,3-4,10H2,1-2H3,(H,21,23)(H,22,24)/t18-/m0/s1. The van der Waals surface area contributed by atoms with Gasteiger partial charge in [0.15, 0.2) is 6.10 Å². The van der Waals surface area contributed by atoms with Gasteiger partial charge in [-0.05, 0) is 37.1 Å². The summed E-state index contributed by atoms with van der Waals surface area (Å²) in [5.41, 5.74) is 1.15. The second kappa shape index (κ2) is 9.47. The Kier molecular flexibility index (Phi) is 7.01. The highest BCUT2D eigenvalue weighted by molar-refractivity contribution is 6.01. The van der Waals surface area contributed by atoms with Crippen LogP contribution in [0.4, 0.5) is 11.4 Å². The van der Waals surface area contributed by atoms with Gasteiger partial charge in [-0.2, -0.15) is 0 Å². The third kappa shape index (κ3) is 5.64. The second-order valence-electron chi connectivity index (χ2n) is 5.66. The van der Waals surface area contributed by atoms with Gasteiger partial charge in [0, 0.05) is 6.42 Å². The molecule has 132 valence electrons. The summed E-state index contributed by atoms with van der Waals surface area (Å²) in [6, 6.07) is 16.4. The lowest BCUT2D eigenvalue weighted by Gasteiger charge is -2.18. The van der Waals surface area contributed by atoms with E-state index in [0.717, 1.165) is 6.42 Å². The van der Waals surface area contributed by atoms with Crippen LogP contribution in [-0.4, -0.2) is 17.9 Å². The van der Waals surface area contributed by atoms with E-state index >= 15 is 0 Å². The lowest BCUT2D eigenvalue weighted by Crippen LogP contribution is -2.32. The average Bonchev–Trinajstić information content (AvgIpc) is 2.62. The van der Waals surface area contributed by atoms with Gasteiger partial charge in [0.05, 0.1) is 11.4 Å². The van der Waals surface area contributed by atoms with Gasteiger partial charge in [0.25, 0.3) is 5.91 Å². The van der Waals surface area contributed by atoms with Crippen LogP contribution in [0, 0.1) is 0 Å². The van der Waals surface area contributed by atoms with Gasteiger partial charge in [-0.25, -0.2) is 0 Å². The molecular weight excluding hydrogens is 316 g/mol. The van der Waals surface area contributed by atoms with E-state index in [1.54, 1.807) is 12.1 Å². The van der Waals surface area contributed by atoms with Crippen molar-refractivity contribution in [2.24, 2.45) is 0 Å². The van der Waals surface area contributed by atoms with Crippen LogP contribution in [0.5, 0.6) is 5.75 Å². The summed E-state index contributed by atoms with van der Waals surface area (Å²) in [4.78, 5) is 24.4. The predicted octanol–water partition coefficient (Wildman–Crippen LogP) is 4.22. The molecule has 2 aromatic rings. The molecule has 0 saturated heterocycles. The molecule has 2 aromatic carbocycles. The first-order chi connectivity index (χ1) is 12.1. The van der Waals surface area contributed by atoms with Crippen LogP contribution >= 0.6 is 0 Å². The maximum Gasteiger partial charge on any atom is 0.265 e. The van der Waals surface area contributed by atoms with Gasteiger partial charge >= 0.3 is 0 Å². The SMILES string of the molecule is CCCC(=O)Nc1ccccc1NC(=O)[C@H](CC)Oc1ccccc1. The number of para-hydroxylation sites is 3. The van der Waals surface area contributed by atoms with Crippen molar-refractivity contribution in [2.45, 2.75) is 39.2 Å². The summed E-state index contributed by atoms with van der Waals surface area (Å²) in [5, 5.41) is 5.68. The summed E-state index contributed by atoms with van der Waals surface area (Å²) in [7, 11) is 0. The van der Waals surface area contributed by atoms with Gasteiger partial charge in [-0.1, -0.05) is 44.2 Å². The van der Waals surface area contributed by atoms with E-state index in [4.69, 9.17) is 4.74 Å². The first-order valence-corrected chi connectivity index (χ1v) is 8.55. The molecule has 0 unspecified atom stereocenters. The van der Waals surface area contributed by atoms with Crippen LogP contribution < -0.4 is 15.4 Å². The highest BCUT2D eigenvalue weighted by atomic mass is 16.5. The van der Waals surface area contributed by atoms with E-state index in [-0.39, 0.29) is 11.8 Å². The maximum absolute atomic E-state index is 12.6. The molecule has 1 atom stereocenters. The largest absolute Gasteiger partial charge is 0.481 e. The van der Waals surface area contributed by atoms with Gasteiger partial charge < -0.3 is 15.4 Å². The van der Waals surface area contributed by atoms with Gasteiger partial charge in [-0.15, -0.1) is 0 Å². The molecule has 0 aliphatic heterocycles. The first kappa shape index (κ1) is 18.5. The fourth-order valence-electron chi connectivity index (χ4n) is 2.34. The molecule has 0 aliphatic rings. The van der Waals surface area contributed by atoms with E-state index in [9.17, 15) is 9.59 Å². The zero-order valence-electron chi connectivity index (χ0n) is 14.6. The number of anilines is 2. The summed E-state index contributed by atoms with van der Waals surface area (Å²) < 4.78 is 5.76. The van der Waals surface area contributed by atoms with E-state index in [0.29, 0.717) is 30.0 Å². The lowest BCUT2D eigenvalue weighted by atomic mass is 10.2. The van der Waals surface area contributed by atoms with E-state index < -0.39 is 6.10 Å². The van der Waals surface area contributed by atoms with Crippen LogP contribution in [0.15, 0.2) is 54.6 Å². The van der Waals surface area contributed by atoms with Crippen LogP contribution in [-0.2, 0) is 9.59 Å². The average molecular weight is 340 g/mol. The summed E-state index contributed by atoms with van der Waals surface area (Å²) >= 11 is 0. The van der Waals surface area contributed by atoms with Crippen LogP contribution in [0.3, 0.4) is 0 Å². The van der Waals surface area contributed by atoms with Gasteiger partial charge in [0.1, 0.15) is 5.75 Å². The van der Waals surface area contributed by atoms with Crippen molar-refractivity contribution in [1.29, 1.82) is 0 Å². The topological polar surface area (TPSA) is 67.4 Å². The third-order valence-electron chi connectivity index (χ3n) is 3.62. The second-order valence-corrected chi connectivity index (χ2v) is 5.66. The van der Waals surface area contributed by atoms with Crippen LogP contribution in [0.25, 0.3) is 0 Å². The number of ether oxygens (including phenoxy) is 1. The number of nitrogens with one attached hydrogen (secondary N) is 2. The molecule has 0 fully saturated rings. The zero-order valence-corrected chi connectivity index (χ0v) is 14.6. The Labute approximate surface area is 148 Å². The minimum atomic E-state index is -0.609. The fraction of sp³-hybridized carbons (Fsp3) is 0.300. The molecule has 0 spiro atoms. The molecule has 5 nitrogen and oxygen atoms in total. The van der Waals surface area contributed by atoms with Gasteiger partial charge in [-0.3, -0.25) is 9.59 Å². The maximum atomic E-state index is 12.6. The molecule has 0 radical (unpaired) electrons. The van der Waals surface area contributed by atoms with Crippen molar-refractivity contribution in [2.75, 3.05) is 10.6 Å². The number of rotatable bonds is 8. The zero-order chi connectivity index (χ0) is 18.1. The Morgan fingerprint density at radius 2 is 1.52 bits per heavy atom. The highest BCUT2D eigenvalue weighted by Crippen LogP contribution is 2.22.